The van der Waals surface area contributed by atoms with E-state index >= 15 is 0 Å². The highest BCUT2D eigenvalue weighted by molar-refractivity contribution is 5.94. The fourth-order valence-electron chi connectivity index (χ4n) is 4.51. The molecular weight excluding hydrogens is 402 g/mol. The van der Waals surface area contributed by atoms with E-state index in [1.54, 1.807) is 0 Å². The number of hydrogen-bond acceptors (Lipinski definition) is 4. The van der Waals surface area contributed by atoms with E-state index in [4.69, 9.17) is 4.74 Å². The first-order valence-corrected chi connectivity index (χ1v) is 12.2. The summed E-state index contributed by atoms with van der Waals surface area (Å²) >= 11 is 0. The van der Waals surface area contributed by atoms with Gasteiger partial charge >= 0.3 is 0 Å². The van der Waals surface area contributed by atoms with E-state index in [9.17, 15) is 4.79 Å². The molecule has 2 N–H and O–H groups in total. The molecule has 2 heterocycles. The third kappa shape index (κ3) is 7.48. The molecule has 0 bridgehead atoms. The normalized spacial score (nSPS) is 19.1. The van der Waals surface area contributed by atoms with Crippen molar-refractivity contribution in [2.75, 3.05) is 53.0 Å². The first kappa shape index (κ1) is 24.5. The standard InChI is InChI=1S/C25H41N5O2/c1-20(2)17-23(29-13-15-32-16-14-29)19-28-25(26-3)27-18-21-7-9-22(10-8-21)24(31)30-11-5-4-6-12-30/h7-10,20,23H,4-6,11-19H2,1-3H3,(H2,26,27,28). The van der Waals surface area contributed by atoms with Gasteiger partial charge in [-0.05, 0) is 49.3 Å². The summed E-state index contributed by atoms with van der Waals surface area (Å²) in [5, 5.41) is 6.92. The van der Waals surface area contributed by atoms with Gasteiger partial charge in [-0.15, -0.1) is 0 Å². The smallest absolute Gasteiger partial charge is 0.253 e. The molecule has 2 fully saturated rings. The number of morpholine rings is 1. The number of amides is 1. The van der Waals surface area contributed by atoms with Crippen molar-refractivity contribution in [2.24, 2.45) is 10.9 Å². The molecule has 178 valence electrons. The predicted octanol–water partition coefficient (Wildman–Crippen LogP) is 2.72. The molecule has 7 heteroatoms. The van der Waals surface area contributed by atoms with E-state index in [1.807, 2.05) is 36.2 Å². The number of carbonyl (C=O) groups excluding carboxylic acids is 1. The number of guanidine groups is 1. The number of rotatable bonds is 8. The lowest BCUT2D eigenvalue weighted by Gasteiger charge is -2.35. The van der Waals surface area contributed by atoms with Gasteiger partial charge in [0.15, 0.2) is 5.96 Å². The van der Waals surface area contributed by atoms with Crippen molar-refractivity contribution in [3.63, 3.8) is 0 Å². The molecule has 0 saturated carbocycles. The molecule has 32 heavy (non-hydrogen) atoms. The summed E-state index contributed by atoms with van der Waals surface area (Å²) < 4.78 is 5.52. The molecule has 0 radical (unpaired) electrons. The summed E-state index contributed by atoms with van der Waals surface area (Å²) in [4.78, 5) is 21.6. The molecule has 1 amide bonds. The van der Waals surface area contributed by atoms with Crippen LogP contribution in [0.3, 0.4) is 0 Å². The first-order valence-electron chi connectivity index (χ1n) is 12.2. The summed E-state index contributed by atoms with van der Waals surface area (Å²) in [7, 11) is 1.81. The summed E-state index contributed by atoms with van der Waals surface area (Å²) in [6, 6.07) is 8.43. The highest BCUT2D eigenvalue weighted by Crippen LogP contribution is 2.15. The number of benzene rings is 1. The second kappa shape index (κ2) is 12.8. The number of carbonyl (C=O) groups is 1. The average Bonchev–Trinajstić information content (AvgIpc) is 2.84. The zero-order valence-corrected chi connectivity index (χ0v) is 20.1. The number of nitrogens with one attached hydrogen (secondary N) is 2. The third-order valence-electron chi connectivity index (χ3n) is 6.34. The van der Waals surface area contributed by atoms with E-state index < -0.39 is 0 Å². The van der Waals surface area contributed by atoms with Crippen LogP contribution in [-0.2, 0) is 11.3 Å². The quantitative estimate of drug-likeness (QED) is 0.478. The second-order valence-electron chi connectivity index (χ2n) is 9.29. The van der Waals surface area contributed by atoms with Gasteiger partial charge in [-0.2, -0.15) is 0 Å². The third-order valence-corrected chi connectivity index (χ3v) is 6.34. The molecule has 2 aliphatic rings. The second-order valence-corrected chi connectivity index (χ2v) is 9.29. The number of aliphatic imine (C=N–C) groups is 1. The zero-order chi connectivity index (χ0) is 22.8. The van der Waals surface area contributed by atoms with Gasteiger partial charge in [-0.3, -0.25) is 14.7 Å². The first-order chi connectivity index (χ1) is 15.6. The van der Waals surface area contributed by atoms with Gasteiger partial charge in [0.1, 0.15) is 0 Å². The van der Waals surface area contributed by atoms with Crippen LogP contribution in [0.4, 0.5) is 0 Å². The van der Waals surface area contributed by atoms with Crippen LogP contribution in [0.15, 0.2) is 29.3 Å². The molecule has 0 aromatic heterocycles. The molecular formula is C25H41N5O2. The Morgan fingerprint density at radius 2 is 1.72 bits per heavy atom. The Morgan fingerprint density at radius 1 is 1.03 bits per heavy atom. The van der Waals surface area contributed by atoms with E-state index in [0.29, 0.717) is 18.5 Å². The van der Waals surface area contributed by atoms with E-state index in [0.717, 1.165) is 82.3 Å². The molecule has 1 atom stereocenters. The van der Waals surface area contributed by atoms with Gasteiger partial charge in [0.2, 0.25) is 0 Å². The Labute approximate surface area is 193 Å². The SMILES string of the molecule is CN=C(NCc1ccc(C(=O)N2CCCCC2)cc1)NCC(CC(C)C)N1CCOCC1. The maximum atomic E-state index is 12.6. The van der Waals surface area contributed by atoms with Crippen LogP contribution in [0.5, 0.6) is 0 Å². The average molecular weight is 444 g/mol. The van der Waals surface area contributed by atoms with Gasteiger partial charge in [0.05, 0.1) is 13.2 Å². The fraction of sp³-hybridized carbons (Fsp3) is 0.680. The number of ether oxygens (including phenoxy) is 1. The van der Waals surface area contributed by atoms with E-state index in [-0.39, 0.29) is 5.91 Å². The lowest BCUT2D eigenvalue weighted by molar-refractivity contribution is 0.0132. The summed E-state index contributed by atoms with van der Waals surface area (Å²) in [5.74, 6) is 1.60. The Kier molecular flexibility index (Phi) is 9.81. The monoisotopic (exact) mass is 443 g/mol. The largest absolute Gasteiger partial charge is 0.379 e. The molecule has 1 aromatic carbocycles. The van der Waals surface area contributed by atoms with Gasteiger partial charge < -0.3 is 20.3 Å². The van der Waals surface area contributed by atoms with Crippen molar-refractivity contribution in [1.82, 2.24) is 20.4 Å². The number of likely N-dealkylation sites (tertiary alicyclic amines) is 1. The maximum absolute atomic E-state index is 12.6. The molecule has 1 aromatic rings. The number of hydrogen-bond donors (Lipinski definition) is 2. The van der Waals surface area contributed by atoms with Crippen molar-refractivity contribution in [2.45, 2.75) is 52.1 Å². The highest BCUT2D eigenvalue weighted by Gasteiger charge is 2.22. The fourth-order valence-corrected chi connectivity index (χ4v) is 4.51. The molecule has 0 spiro atoms. The summed E-state index contributed by atoms with van der Waals surface area (Å²) in [6.07, 6.45) is 4.61. The van der Waals surface area contributed by atoms with Gasteiger partial charge in [0, 0.05) is 57.9 Å². The van der Waals surface area contributed by atoms with Crippen LogP contribution in [0.1, 0.15) is 55.5 Å². The molecule has 7 nitrogen and oxygen atoms in total. The van der Waals surface area contributed by atoms with Gasteiger partial charge in [-0.25, -0.2) is 0 Å². The summed E-state index contributed by atoms with van der Waals surface area (Å²) in [5.41, 5.74) is 1.91. The Bertz CT molecular complexity index is 722. The Morgan fingerprint density at radius 3 is 2.34 bits per heavy atom. The van der Waals surface area contributed by atoms with Crippen LogP contribution in [0, 0.1) is 5.92 Å². The Balaban J connectivity index is 1.48. The molecule has 2 saturated heterocycles. The Hall–Kier alpha value is -2.12. The summed E-state index contributed by atoms with van der Waals surface area (Å²) in [6.45, 7) is 11.5. The van der Waals surface area contributed by atoms with Crippen molar-refractivity contribution >= 4 is 11.9 Å². The van der Waals surface area contributed by atoms with E-state index in [1.165, 1.54) is 6.42 Å². The maximum Gasteiger partial charge on any atom is 0.253 e. The minimum atomic E-state index is 0.154. The number of nitrogens with zero attached hydrogens (tertiary/aromatic N) is 3. The molecule has 3 rings (SSSR count). The van der Waals surface area contributed by atoms with Crippen LogP contribution >= 0.6 is 0 Å². The van der Waals surface area contributed by atoms with Gasteiger partial charge in [-0.1, -0.05) is 26.0 Å². The molecule has 0 aliphatic carbocycles. The van der Waals surface area contributed by atoms with Gasteiger partial charge in [0.25, 0.3) is 5.91 Å². The van der Waals surface area contributed by atoms with Crippen LogP contribution in [0.2, 0.25) is 0 Å². The topological polar surface area (TPSA) is 69.2 Å². The lowest BCUT2D eigenvalue weighted by Crippen LogP contribution is -2.50. The van der Waals surface area contributed by atoms with Crippen molar-refractivity contribution in [3.8, 4) is 0 Å². The minimum absolute atomic E-state index is 0.154. The van der Waals surface area contributed by atoms with Crippen LogP contribution in [-0.4, -0.2) is 80.7 Å². The molecule has 1 unspecified atom stereocenters. The van der Waals surface area contributed by atoms with Crippen molar-refractivity contribution in [1.29, 1.82) is 0 Å². The van der Waals surface area contributed by atoms with Crippen LogP contribution < -0.4 is 10.6 Å². The highest BCUT2D eigenvalue weighted by atomic mass is 16.5. The zero-order valence-electron chi connectivity index (χ0n) is 20.1. The predicted molar refractivity (Wildman–Crippen MR) is 130 cm³/mol. The van der Waals surface area contributed by atoms with Crippen LogP contribution in [0.25, 0.3) is 0 Å². The molecule has 2 aliphatic heterocycles. The number of piperidine rings is 1. The van der Waals surface area contributed by atoms with E-state index in [2.05, 4.69) is 34.4 Å². The lowest BCUT2D eigenvalue weighted by atomic mass is 10.0. The van der Waals surface area contributed by atoms with Crippen molar-refractivity contribution < 1.29 is 9.53 Å². The van der Waals surface area contributed by atoms with Crippen molar-refractivity contribution in [3.05, 3.63) is 35.4 Å². The minimum Gasteiger partial charge on any atom is -0.379 e.